The van der Waals surface area contributed by atoms with Gasteiger partial charge in [-0.1, -0.05) is 13.8 Å². The quantitative estimate of drug-likeness (QED) is 0.674. The standard InChI is InChI=1S/C14H30N2O/c1-5-13(6-2)16(9-10-17-4)11-14(3,15)12-7-8-12/h12-13H,5-11,15H2,1-4H3. The summed E-state index contributed by atoms with van der Waals surface area (Å²) in [6.45, 7) is 9.55. The normalized spacial score (nSPS) is 19.9. The molecule has 3 heteroatoms. The van der Waals surface area contributed by atoms with Crippen molar-refractivity contribution >= 4 is 0 Å². The van der Waals surface area contributed by atoms with Crippen molar-refractivity contribution in [1.29, 1.82) is 0 Å². The third-order valence-electron chi connectivity index (χ3n) is 4.10. The summed E-state index contributed by atoms with van der Waals surface area (Å²) < 4.78 is 5.22. The van der Waals surface area contributed by atoms with Crippen molar-refractivity contribution in [3.63, 3.8) is 0 Å². The van der Waals surface area contributed by atoms with Gasteiger partial charge in [0, 0.05) is 31.8 Å². The smallest absolute Gasteiger partial charge is 0.0589 e. The molecule has 1 aliphatic carbocycles. The summed E-state index contributed by atoms with van der Waals surface area (Å²) in [5.74, 6) is 0.738. The molecule has 0 bridgehead atoms. The molecule has 2 N–H and O–H groups in total. The minimum atomic E-state index is -0.0175. The van der Waals surface area contributed by atoms with E-state index in [1.165, 1.54) is 25.7 Å². The van der Waals surface area contributed by atoms with E-state index in [1.807, 2.05) is 0 Å². The topological polar surface area (TPSA) is 38.5 Å². The van der Waals surface area contributed by atoms with Crippen molar-refractivity contribution in [3.05, 3.63) is 0 Å². The van der Waals surface area contributed by atoms with Crippen LogP contribution in [-0.4, -0.2) is 43.3 Å². The van der Waals surface area contributed by atoms with Crippen molar-refractivity contribution in [2.24, 2.45) is 11.7 Å². The van der Waals surface area contributed by atoms with E-state index in [4.69, 9.17) is 10.5 Å². The van der Waals surface area contributed by atoms with E-state index in [0.29, 0.717) is 6.04 Å². The van der Waals surface area contributed by atoms with Crippen molar-refractivity contribution in [2.75, 3.05) is 26.8 Å². The van der Waals surface area contributed by atoms with E-state index >= 15 is 0 Å². The Morgan fingerprint density at radius 1 is 1.35 bits per heavy atom. The predicted octanol–water partition coefficient (Wildman–Crippen LogP) is 2.25. The van der Waals surface area contributed by atoms with Crippen molar-refractivity contribution in [3.8, 4) is 0 Å². The second-order valence-corrected chi connectivity index (χ2v) is 5.71. The molecule has 102 valence electrons. The Hall–Kier alpha value is -0.120. The Kier molecular flexibility index (Phi) is 5.90. The molecule has 0 radical (unpaired) electrons. The van der Waals surface area contributed by atoms with Crippen LogP contribution in [0.2, 0.25) is 0 Å². The van der Waals surface area contributed by atoms with Crippen LogP contribution in [0.25, 0.3) is 0 Å². The zero-order valence-corrected chi connectivity index (χ0v) is 12.0. The van der Waals surface area contributed by atoms with Crippen LogP contribution < -0.4 is 5.73 Å². The molecule has 1 aliphatic rings. The van der Waals surface area contributed by atoms with Crippen LogP contribution >= 0.6 is 0 Å². The van der Waals surface area contributed by atoms with Gasteiger partial charge in [0.1, 0.15) is 0 Å². The first-order valence-electron chi connectivity index (χ1n) is 7.07. The second kappa shape index (κ2) is 6.72. The molecule has 17 heavy (non-hydrogen) atoms. The Balaban J connectivity index is 2.54. The summed E-state index contributed by atoms with van der Waals surface area (Å²) in [6.07, 6.45) is 5.02. The number of hydrogen-bond donors (Lipinski definition) is 1. The lowest BCUT2D eigenvalue weighted by atomic mass is 9.95. The summed E-state index contributed by atoms with van der Waals surface area (Å²) in [6, 6.07) is 0.645. The second-order valence-electron chi connectivity index (χ2n) is 5.71. The summed E-state index contributed by atoms with van der Waals surface area (Å²) in [4.78, 5) is 2.53. The molecule has 0 aromatic heterocycles. The van der Waals surface area contributed by atoms with E-state index in [1.54, 1.807) is 7.11 Å². The van der Waals surface area contributed by atoms with Crippen LogP contribution in [0, 0.1) is 5.92 Å². The Morgan fingerprint density at radius 2 is 1.94 bits per heavy atom. The van der Waals surface area contributed by atoms with Gasteiger partial charge in [-0.2, -0.15) is 0 Å². The Morgan fingerprint density at radius 3 is 2.35 bits per heavy atom. The molecule has 0 spiro atoms. The molecular formula is C14H30N2O. The maximum absolute atomic E-state index is 6.46. The lowest BCUT2D eigenvalue weighted by Crippen LogP contribution is -2.53. The average Bonchev–Trinajstić information content (AvgIpc) is 3.10. The predicted molar refractivity (Wildman–Crippen MR) is 73.1 cm³/mol. The van der Waals surface area contributed by atoms with Gasteiger partial charge in [0.05, 0.1) is 6.61 Å². The van der Waals surface area contributed by atoms with Gasteiger partial charge in [0.15, 0.2) is 0 Å². The first kappa shape index (κ1) is 14.9. The highest BCUT2D eigenvalue weighted by Crippen LogP contribution is 2.38. The molecule has 1 unspecified atom stereocenters. The van der Waals surface area contributed by atoms with Crippen LogP contribution in [0.15, 0.2) is 0 Å². The van der Waals surface area contributed by atoms with Crippen molar-refractivity contribution < 1.29 is 4.74 Å². The number of rotatable bonds is 9. The summed E-state index contributed by atoms with van der Waals surface area (Å²) >= 11 is 0. The van der Waals surface area contributed by atoms with E-state index in [9.17, 15) is 0 Å². The van der Waals surface area contributed by atoms with Gasteiger partial charge in [-0.05, 0) is 38.5 Å². The Bertz CT molecular complexity index is 210. The first-order valence-corrected chi connectivity index (χ1v) is 7.07. The molecule has 0 aromatic rings. The van der Waals surface area contributed by atoms with Gasteiger partial charge in [-0.15, -0.1) is 0 Å². The zero-order chi connectivity index (χ0) is 12.9. The summed E-state index contributed by atoms with van der Waals surface area (Å²) in [7, 11) is 1.77. The molecule has 1 saturated carbocycles. The number of hydrogen-bond acceptors (Lipinski definition) is 3. The largest absolute Gasteiger partial charge is 0.383 e. The molecule has 1 fully saturated rings. The fourth-order valence-corrected chi connectivity index (χ4v) is 2.71. The number of ether oxygens (including phenoxy) is 1. The molecular weight excluding hydrogens is 212 g/mol. The van der Waals surface area contributed by atoms with E-state index in [0.717, 1.165) is 25.6 Å². The molecule has 0 aromatic carbocycles. The first-order chi connectivity index (χ1) is 8.05. The zero-order valence-electron chi connectivity index (χ0n) is 12.0. The fourth-order valence-electron chi connectivity index (χ4n) is 2.71. The lowest BCUT2D eigenvalue weighted by Gasteiger charge is -2.37. The van der Waals surface area contributed by atoms with Gasteiger partial charge < -0.3 is 10.5 Å². The third-order valence-corrected chi connectivity index (χ3v) is 4.10. The van der Waals surface area contributed by atoms with E-state index < -0.39 is 0 Å². The fraction of sp³-hybridized carbons (Fsp3) is 1.00. The highest BCUT2D eigenvalue weighted by atomic mass is 16.5. The SMILES string of the molecule is CCC(CC)N(CCOC)CC(C)(N)C1CC1. The van der Waals surface area contributed by atoms with Crippen LogP contribution in [-0.2, 0) is 4.74 Å². The highest BCUT2D eigenvalue weighted by molar-refractivity contribution is 4.98. The van der Waals surface area contributed by atoms with Gasteiger partial charge in [-0.25, -0.2) is 0 Å². The maximum atomic E-state index is 6.46. The molecule has 3 nitrogen and oxygen atoms in total. The maximum Gasteiger partial charge on any atom is 0.0589 e. The van der Waals surface area contributed by atoms with Crippen LogP contribution in [0.3, 0.4) is 0 Å². The minimum Gasteiger partial charge on any atom is -0.383 e. The average molecular weight is 242 g/mol. The van der Waals surface area contributed by atoms with Gasteiger partial charge in [0.2, 0.25) is 0 Å². The summed E-state index contributed by atoms with van der Waals surface area (Å²) in [5, 5.41) is 0. The minimum absolute atomic E-state index is 0.0175. The number of methoxy groups -OCH3 is 1. The highest BCUT2D eigenvalue weighted by Gasteiger charge is 2.40. The molecule has 0 aliphatic heterocycles. The van der Waals surface area contributed by atoms with Gasteiger partial charge in [0.25, 0.3) is 0 Å². The molecule has 0 amide bonds. The molecule has 1 rings (SSSR count). The van der Waals surface area contributed by atoms with Gasteiger partial charge in [-0.3, -0.25) is 4.90 Å². The molecule has 1 atom stereocenters. The molecule has 0 saturated heterocycles. The monoisotopic (exact) mass is 242 g/mol. The van der Waals surface area contributed by atoms with Crippen LogP contribution in [0.1, 0.15) is 46.5 Å². The van der Waals surface area contributed by atoms with Crippen LogP contribution in [0.5, 0.6) is 0 Å². The number of nitrogens with zero attached hydrogens (tertiary/aromatic N) is 1. The molecule has 0 heterocycles. The van der Waals surface area contributed by atoms with Crippen LogP contribution in [0.4, 0.5) is 0 Å². The van der Waals surface area contributed by atoms with Crippen molar-refractivity contribution in [2.45, 2.75) is 58.0 Å². The number of nitrogens with two attached hydrogens (primary N) is 1. The third kappa shape index (κ3) is 4.57. The van der Waals surface area contributed by atoms with Gasteiger partial charge >= 0.3 is 0 Å². The van der Waals surface area contributed by atoms with E-state index in [2.05, 4.69) is 25.7 Å². The van der Waals surface area contributed by atoms with Crippen molar-refractivity contribution in [1.82, 2.24) is 4.90 Å². The summed E-state index contributed by atoms with van der Waals surface area (Å²) in [5.41, 5.74) is 6.44. The Labute approximate surface area is 107 Å². The van der Waals surface area contributed by atoms with E-state index in [-0.39, 0.29) is 5.54 Å². The lowest BCUT2D eigenvalue weighted by molar-refractivity contribution is 0.0930.